The second-order valence-corrected chi connectivity index (χ2v) is 6.25. The lowest BCUT2D eigenvalue weighted by molar-refractivity contribution is -0.137. The molecule has 27 heavy (non-hydrogen) atoms. The number of benzene rings is 1. The maximum atomic E-state index is 12.7. The Balaban J connectivity index is 1.47. The van der Waals surface area contributed by atoms with Gasteiger partial charge in [-0.15, -0.1) is 0 Å². The predicted molar refractivity (Wildman–Crippen MR) is 95.6 cm³/mol. The van der Waals surface area contributed by atoms with Gasteiger partial charge in [0.2, 0.25) is 0 Å². The minimum absolute atomic E-state index is 0.0185. The SMILES string of the molecule is O=C(COc1ccccc1)N1CCCCC1c1noc(-c2cnccn2)n1. The van der Waals surface area contributed by atoms with Crippen molar-refractivity contribution in [1.82, 2.24) is 25.0 Å². The van der Waals surface area contributed by atoms with Crippen molar-refractivity contribution in [2.24, 2.45) is 0 Å². The molecule has 0 radical (unpaired) electrons. The van der Waals surface area contributed by atoms with E-state index in [1.807, 2.05) is 30.3 Å². The van der Waals surface area contributed by atoms with E-state index in [1.165, 1.54) is 0 Å². The second kappa shape index (κ2) is 7.94. The van der Waals surface area contributed by atoms with Crippen LogP contribution in [-0.2, 0) is 4.79 Å². The Hall–Kier alpha value is -3.29. The lowest BCUT2D eigenvalue weighted by Crippen LogP contribution is -2.41. The third kappa shape index (κ3) is 3.94. The fourth-order valence-corrected chi connectivity index (χ4v) is 3.13. The van der Waals surface area contributed by atoms with Crippen LogP contribution in [0.3, 0.4) is 0 Å². The first-order valence-electron chi connectivity index (χ1n) is 8.88. The van der Waals surface area contributed by atoms with Crippen molar-refractivity contribution in [3.63, 3.8) is 0 Å². The minimum Gasteiger partial charge on any atom is -0.484 e. The van der Waals surface area contributed by atoms with Crippen LogP contribution < -0.4 is 4.74 Å². The van der Waals surface area contributed by atoms with E-state index in [1.54, 1.807) is 23.5 Å². The van der Waals surface area contributed by atoms with E-state index in [4.69, 9.17) is 9.26 Å². The standard InChI is InChI=1S/C19H19N5O3/c25-17(13-26-14-6-2-1-3-7-14)24-11-5-4-8-16(24)18-22-19(27-23-18)15-12-20-9-10-21-15/h1-3,6-7,9-10,12,16H,4-5,8,11,13H2. The van der Waals surface area contributed by atoms with Gasteiger partial charge in [0.25, 0.3) is 11.8 Å². The summed E-state index contributed by atoms with van der Waals surface area (Å²) in [5, 5.41) is 4.08. The van der Waals surface area contributed by atoms with Gasteiger partial charge in [-0.3, -0.25) is 9.78 Å². The molecule has 8 heteroatoms. The van der Waals surface area contributed by atoms with Gasteiger partial charge in [0, 0.05) is 18.9 Å². The molecule has 3 aromatic rings. The molecule has 1 saturated heterocycles. The first-order chi connectivity index (χ1) is 13.3. The zero-order chi connectivity index (χ0) is 18.5. The van der Waals surface area contributed by atoms with Crippen molar-refractivity contribution < 1.29 is 14.1 Å². The highest BCUT2D eigenvalue weighted by Crippen LogP contribution is 2.30. The summed E-state index contributed by atoms with van der Waals surface area (Å²) in [6, 6.07) is 9.08. The van der Waals surface area contributed by atoms with Crippen molar-refractivity contribution in [3.8, 4) is 17.3 Å². The number of carbonyl (C=O) groups excluding carboxylic acids is 1. The molecule has 1 amide bonds. The largest absolute Gasteiger partial charge is 0.484 e. The Kier molecular flexibility index (Phi) is 5.04. The van der Waals surface area contributed by atoms with Crippen LogP contribution in [0, 0.1) is 0 Å². The number of para-hydroxylation sites is 1. The van der Waals surface area contributed by atoms with Gasteiger partial charge >= 0.3 is 0 Å². The lowest BCUT2D eigenvalue weighted by Gasteiger charge is -2.33. The summed E-state index contributed by atoms with van der Waals surface area (Å²) in [7, 11) is 0. The van der Waals surface area contributed by atoms with Crippen LogP contribution in [0.15, 0.2) is 53.4 Å². The predicted octanol–water partition coefficient (Wildman–Crippen LogP) is 2.66. The Labute approximate surface area is 156 Å². The summed E-state index contributed by atoms with van der Waals surface area (Å²) in [5.41, 5.74) is 0.511. The van der Waals surface area contributed by atoms with Gasteiger partial charge in [-0.1, -0.05) is 23.4 Å². The third-order valence-electron chi connectivity index (χ3n) is 4.45. The van der Waals surface area contributed by atoms with Crippen LogP contribution >= 0.6 is 0 Å². The summed E-state index contributed by atoms with van der Waals surface area (Å²) in [5.74, 6) is 1.37. The fraction of sp³-hybridized carbons (Fsp3) is 0.316. The van der Waals surface area contributed by atoms with Crippen LogP contribution in [0.4, 0.5) is 0 Å². The molecule has 8 nitrogen and oxygen atoms in total. The van der Waals surface area contributed by atoms with Crippen LogP contribution in [0.2, 0.25) is 0 Å². The molecule has 3 heterocycles. The fourth-order valence-electron chi connectivity index (χ4n) is 3.13. The maximum absolute atomic E-state index is 12.7. The van der Waals surface area contributed by atoms with E-state index < -0.39 is 0 Å². The number of aromatic nitrogens is 4. The number of hydrogen-bond donors (Lipinski definition) is 0. The molecule has 0 N–H and O–H groups in total. The highest BCUT2D eigenvalue weighted by Gasteiger charge is 2.32. The van der Waals surface area contributed by atoms with Gasteiger partial charge in [0.15, 0.2) is 12.4 Å². The number of piperidine rings is 1. The Morgan fingerprint density at radius 1 is 1.22 bits per heavy atom. The number of amides is 1. The van der Waals surface area contributed by atoms with Crippen molar-refractivity contribution >= 4 is 5.91 Å². The average Bonchev–Trinajstić information content (AvgIpc) is 3.23. The van der Waals surface area contributed by atoms with E-state index in [2.05, 4.69) is 20.1 Å². The molecule has 2 aromatic heterocycles. The van der Waals surface area contributed by atoms with Gasteiger partial charge in [0.1, 0.15) is 11.4 Å². The molecule has 1 fully saturated rings. The zero-order valence-corrected chi connectivity index (χ0v) is 14.7. The van der Waals surface area contributed by atoms with E-state index >= 15 is 0 Å². The Morgan fingerprint density at radius 3 is 2.93 bits per heavy atom. The van der Waals surface area contributed by atoms with Gasteiger partial charge in [0.05, 0.1) is 12.2 Å². The molecular weight excluding hydrogens is 346 g/mol. The number of carbonyl (C=O) groups is 1. The van der Waals surface area contributed by atoms with Crippen LogP contribution in [-0.4, -0.2) is 44.1 Å². The number of ether oxygens (including phenoxy) is 1. The molecule has 1 aliphatic heterocycles. The molecule has 0 bridgehead atoms. The van der Waals surface area contributed by atoms with Crippen molar-refractivity contribution in [2.75, 3.05) is 13.2 Å². The molecule has 0 saturated carbocycles. The normalized spacial score (nSPS) is 16.9. The van der Waals surface area contributed by atoms with Gasteiger partial charge < -0.3 is 14.2 Å². The number of rotatable bonds is 5. The maximum Gasteiger partial charge on any atom is 0.278 e. The van der Waals surface area contributed by atoms with E-state index in [9.17, 15) is 4.79 Å². The summed E-state index contributed by atoms with van der Waals surface area (Å²) in [6.07, 6.45) is 7.45. The number of nitrogens with zero attached hydrogens (tertiary/aromatic N) is 5. The Bertz CT molecular complexity index is 885. The average molecular weight is 365 g/mol. The molecule has 4 rings (SSSR count). The topological polar surface area (TPSA) is 94.2 Å². The highest BCUT2D eigenvalue weighted by atomic mass is 16.5. The van der Waals surface area contributed by atoms with E-state index in [-0.39, 0.29) is 18.6 Å². The van der Waals surface area contributed by atoms with E-state index in [0.717, 1.165) is 19.3 Å². The summed E-state index contributed by atoms with van der Waals surface area (Å²) in [6.45, 7) is 0.631. The highest BCUT2D eigenvalue weighted by molar-refractivity contribution is 5.78. The molecule has 1 atom stereocenters. The number of likely N-dealkylation sites (tertiary alicyclic amines) is 1. The molecule has 0 spiro atoms. The molecule has 1 aliphatic rings. The first kappa shape index (κ1) is 17.1. The zero-order valence-electron chi connectivity index (χ0n) is 14.7. The molecule has 0 aliphatic carbocycles. The summed E-state index contributed by atoms with van der Waals surface area (Å²) >= 11 is 0. The van der Waals surface area contributed by atoms with Crippen LogP contribution in [0.25, 0.3) is 11.6 Å². The first-order valence-corrected chi connectivity index (χ1v) is 8.88. The molecular formula is C19H19N5O3. The lowest BCUT2D eigenvalue weighted by atomic mass is 10.0. The summed E-state index contributed by atoms with van der Waals surface area (Å²) < 4.78 is 10.9. The second-order valence-electron chi connectivity index (χ2n) is 6.25. The van der Waals surface area contributed by atoms with Crippen LogP contribution in [0.5, 0.6) is 5.75 Å². The smallest absolute Gasteiger partial charge is 0.278 e. The minimum atomic E-state index is -0.222. The molecule has 1 aromatic carbocycles. The quantitative estimate of drug-likeness (QED) is 0.686. The third-order valence-corrected chi connectivity index (χ3v) is 4.45. The van der Waals surface area contributed by atoms with Gasteiger partial charge in [-0.05, 0) is 31.4 Å². The van der Waals surface area contributed by atoms with Gasteiger partial charge in [-0.25, -0.2) is 4.98 Å². The van der Waals surface area contributed by atoms with E-state index in [0.29, 0.717) is 29.7 Å². The van der Waals surface area contributed by atoms with Gasteiger partial charge in [-0.2, -0.15) is 4.98 Å². The number of hydrogen-bond acceptors (Lipinski definition) is 7. The molecule has 138 valence electrons. The monoisotopic (exact) mass is 365 g/mol. The Morgan fingerprint density at radius 2 is 2.11 bits per heavy atom. The van der Waals surface area contributed by atoms with Crippen LogP contribution in [0.1, 0.15) is 31.1 Å². The summed E-state index contributed by atoms with van der Waals surface area (Å²) in [4.78, 5) is 27.1. The van der Waals surface area contributed by atoms with Crippen molar-refractivity contribution in [3.05, 3.63) is 54.7 Å². The van der Waals surface area contributed by atoms with Crippen molar-refractivity contribution in [2.45, 2.75) is 25.3 Å². The molecule has 1 unspecified atom stereocenters. The van der Waals surface area contributed by atoms with Crippen molar-refractivity contribution in [1.29, 1.82) is 0 Å².